The van der Waals surface area contributed by atoms with E-state index in [0.717, 1.165) is 5.69 Å². The van der Waals surface area contributed by atoms with Crippen LogP contribution in [0.1, 0.15) is 19.3 Å². The van der Waals surface area contributed by atoms with E-state index in [2.05, 4.69) is 10.6 Å². The molecule has 2 rings (SSSR count). The molecule has 0 unspecified atom stereocenters. The number of likely N-dealkylation sites (N-methyl/N-ethyl adjacent to an activating group) is 1. The van der Waals surface area contributed by atoms with Gasteiger partial charge in [-0.2, -0.15) is 0 Å². The lowest BCUT2D eigenvalue weighted by atomic mass is 10.1. The van der Waals surface area contributed by atoms with Gasteiger partial charge in [-0.3, -0.25) is 0 Å². The molecular formula is C12H16Cl2N2. The fraction of sp³-hybridized carbons (Fsp3) is 0.500. The molecule has 4 heteroatoms. The Morgan fingerprint density at radius 3 is 2.56 bits per heavy atom. The summed E-state index contributed by atoms with van der Waals surface area (Å²) in [6, 6.07) is 6.72. The summed E-state index contributed by atoms with van der Waals surface area (Å²) in [5.41, 5.74) is 1.04. The Bertz CT molecular complexity index is 368. The predicted molar refractivity (Wildman–Crippen MR) is 70.6 cm³/mol. The summed E-state index contributed by atoms with van der Waals surface area (Å²) < 4.78 is 0. The second-order valence-corrected chi connectivity index (χ2v) is 5.02. The Labute approximate surface area is 106 Å². The summed E-state index contributed by atoms with van der Waals surface area (Å²) in [4.78, 5) is 0. The molecule has 2 atom stereocenters. The van der Waals surface area contributed by atoms with Crippen molar-refractivity contribution in [1.82, 2.24) is 5.32 Å². The molecule has 0 amide bonds. The third-order valence-corrected chi connectivity index (χ3v) is 3.90. The second-order valence-electron chi connectivity index (χ2n) is 4.21. The summed E-state index contributed by atoms with van der Waals surface area (Å²) in [5.74, 6) is 0. The van der Waals surface area contributed by atoms with Crippen molar-refractivity contribution in [3.05, 3.63) is 28.2 Å². The van der Waals surface area contributed by atoms with E-state index < -0.39 is 0 Å². The van der Waals surface area contributed by atoms with Crippen LogP contribution in [0.15, 0.2) is 18.2 Å². The van der Waals surface area contributed by atoms with Crippen molar-refractivity contribution < 1.29 is 0 Å². The van der Waals surface area contributed by atoms with Crippen molar-refractivity contribution in [1.29, 1.82) is 0 Å². The minimum Gasteiger partial charge on any atom is -0.381 e. The minimum atomic E-state index is 0.488. The van der Waals surface area contributed by atoms with Crippen molar-refractivity contribution in [2.24, 2.45) is 0 Å². The highest BCUT2D eigenvalue weighted by molar-refractivity contribution is 6.42. The zero-order valence-corrected chi connectivity index (χ0v) is 10.8. The molecule has 2 nitrogen and oxygen atoms in total. The molecule has 1 fully saturated rings. The molecule has 1 aromatic rings. The van der Waals surface area contributed by atoms with Crippen LogP contribution in [0.2, 0.25) is 10.0 Å². The van der Waals surface area contributed by atoms with Crippen LogP contribution in [0, 0.1) is 0 Å². The molecule has 0 aliphatic heterocycles. The topological polar surface area (TPSA) is 24.1 Å². The first-order valence-corrected chi connectivity index (χ1v) is 6.35. The summed E-state index contributed by atoms with van der Waals surface area (Å²) in [6.45, 7) is 0. The van der Waals surface area contributed by atoms with Crippen LogP contribution in [-0.2, 0) is 0 Å². The summed E-state index contributed by atoms with van der Waals surface area (Å²) in [7, 11) is 2.01. The molecule has 1 aliphatic carbocycles. The standard InChI is InChI=1S/C12H16Cl2N2/c1-15-11-3-2-4-12(11)16-8-5-6-9(13)10(14)7-8/h5-7,11-12,15-16H,2-4H2,1H3/t11-,12-/m1/s1. The highest BCUT2D eigenvalue weighted by Gasteiger charge is 2.25. The van der Waals surface area contributed by atoms with Crippen molar-refractivity contribution in [3.8, 4) is 0 Å². The molecule has 1 aliphatic rings. The van der Waals surface area contributed by atoms with Crippen LogP contribution in [0.25, 0.3) is 0 Å². The SMILES string of the molecule is CN[C@@H]1CCC[C@H]1Nc1ccc(Cl)c(Cl)c1. The molecular weight excluding hydrogens is 243 g/mol. The van der Waals surface area contributed by atoms with Crippen molar-refractivity contribution >= 4 is 28.9 Å². The fourth-order valence-electron chi connectivity index (χ4n) is 2.28. The van der Waals surface area contributed by atoms with Crippen LogP contribution in [0.3, 0.4) is 0 Å². The van der Waals surface area contributed by atoms with E-state index in [1.807, 2.05) is 25.2 Å². The number of halogens is 2. The first-order valence-electron chi connectivity index (χ1n) is 5.59. The van der Waals surface area contributed by atoms with Gasteiger partial charge in [-0.1, -0.05) is 23.2 Å². The monoisotopic (exact) mass is 258 g/mol. The van der Waals surface area contributed by atoms with Gasteiger partial charge in [0.25, 0.3) is 0 Å². The molecule has 1 aromatic carbocycles. The van der Waals surface area contributed by atoms with E-state index in [9.17, 15) is 0 Å². The Kier molecular flexibility index (Phi) is 3.95. The van der Waals surface area contributed by atoms with E-state index in [4.69, 9.17) is 23.2 Å². The van der Waals surface area contributed by atoms with Gasteiger partial charge in [0, 0.05) is 17.8 Å². The highest BCUT2D eigenvalue weighted by atomic mass is 35.5. The lowest BCUT2D eigenvalue weighted by Crippen LogP contribution is -2.37. The zero-order valence-electron chi connectivity index (χ0n) is 9.26. The molecule has 16 heavy (non-hydrogen) atoms. The zero-order chi connectivity index (χ0) is 11.5. The number of hydrogen-bond acceptors (Lipinski definition) is 2. The van der Waals surface area contributed by atoms with Crippen LogP contribution < -0.4 is 10.6 Å². The Morgan fingerprint density at radius 1 is 1.12 bits per heavy atom. The third kappa shape index (κ3) is 2.62. The fourth-order valence-corrected chi connectivity index (χ4v) is 2.58. The van der Waals surface area contributed by atoms with E-state index in [0.29, 0.717) is 22.1 Å². The Hall–Kier alpha value is -0.440. The van der Waals surface area contributed by atoms with Gasteiger partial charge in [-0.15, -0.1) is 0 Å². The van der Waals surface area contributed by atoms with Gasteiger partial charge < -0.3 is 10.6 Å². The Balaban J connectivity index is 2.05. The first-order chi connectivity index (χ1) is 7.70. The van der Waals surface area contributed by atoms with Crippen LogP contribution in [-0.4, -0.2) is 19.1 Å². The number of rotatable bonds is 3. The van der Waals surface area contributed by atoms with Crippen LogP contribution >= 0.6 is 23.2 Å². The highest BCUT2D eigenvalue weighted by Crippen LogP contribution is 2.28. The maximum absolute atomic E-state index is 5.98. The smallest absolute Gasteiger partial charge is 0.0612 e. The first kappa shape index (κ1) is 12.0. The minimum absolute atomic E-state index is 0.488. The quantitative estimate of drug-likeness (QED) is 0.867. The number of anilines is 1. The molecule has 2 N–H and O–H groups in total. The predicted octanol–water partition coefficient (Wildman–Crippen LogP) is 3.55. The molecule has 0 aromatic heterocycles. The largest absolute Gasteiger partial charge is 0.381 e. The van der Waals surface area contributed by atoms with E-state index in [-0.39, 0.29) is 0 Å². The van der Waals surface area contributed by atoms with Gasteiger partial charge in [-0.25, -0.2) is 0 Å². The third-order valence-electron chi connectivity index (χ3n) is 3.16. The van der Waals surface area contributed by atoms with Gasteiger partial charge in [-0.05, 0) is 44.5 Å². The molecule has 0 saturated heterocycles. The number of benzene rings is 1. The molecule has 1 saturated carbocycles. The van der Waals surface area contributed by atoms with Crippen LogP contribution in [0.4, 0.5) is 5.69 Å². The average Bonchev–Trinajstić information content (AvgIpc) is 2.71. The molecule has 0 spiro atoms. The van der Waals surface area contributed by atoms with Crippen molar-refractivity contribution in [2.45, 2.75) is 31.3 Å². The lowest BCUT2D eigenvalue weighted by Gasteiger charge is -2.21. The summed E-state index contributed by atoms with van der Waals surface area (Å²) in [6.07, 6.45) is 3.70. The summed E-state index contributed by atoms with van der Waals surface area (Å²) >= 11 is 11.9. The normalized spacial score (nSPS) is 24.7. The average molecular weight is 259 g/mol. The van der Waals surface area contributed by atoms with Gasteiger partial charge in [0.05, 0.1) is 10.0 Å². The number of nitrogens with one attached hydrogen (secondary N) is 2. The molecule has 88 valence electrons. The van der Waals surface area contributed by atoms with E-state index >= 15 is 0 Å². The molecule has 0 bridgehead atoms. The number of hydrogen-bond donors (Lipinski definition) is 2. The van der Waals surface area contributed by atoms with Crippen molar-refractivity contribution in [2.75, 3.05) is 12.4 Å². The maximum atomic E-state index is 5.98. The van der Waals surface area contributed by atoms with Gasteiger partial charge in [0.15, 0.2) is 0 Å². The summed E-state index contributed by atoms with van der Waals surface area (Å²) in [5, 5.41) is 8.05. The lowest BCUT2D eigenvalue weighted by molar-refractivity contribution is 0.541. The van der Waals surface area contributed by atoms with E-state index in [1.165, 1.54) is 19.3 Å². The van der Waals surface area contributed by atoms with Gasteiger partial charge in [0.2, 0.25) is 0 Å². The Morgan fingerprint density at radius 2 is 1.88 bits per heavy atom. The van der Waals surface area contributed by atoms with E-state index in [1.54, 1.807) is 0 Å². The second kappa shape index (κ2) is 5.26. The molecule has 0 radical (unpaired) electrons. The van der Waals surface area contributed by atoms with Crippen LogP contribution in [0.5, 0.6) is 0 Å². The molecule has 0 heterocycles. The van der Waals surface area contributed by atoms with Gasteiger partial charge >= 0.3 is 0 Å². The van der Waals surface area contributed by atoms with Gasteiger partial charge in [0.1, 0.15) is 0 Å². The maximum Gasteiger partial charge on any atom is 0.0612 e. The van der Waals surface area contributed by atoms with Crippen molar-refractivity contribution in [3.63, 3.8) is 0 Å².